The fourth-order valence-corrected chi connectivity index (χ4v) is 2.72. The summed E-state index contributed by atoms with van der Waals surface area (Å²) in [7, 11) is 0. The average Bonchev–Trinajstić information content (AvgIpc) is 3.24. The van der Waals surface area contributed by atoms with Gasteiger partial charge in [-0.05, 0) is 0 Å². The van der Waals surface area contributed by atoms with E-state index in [1.54, 1.807) is 10.7 Å². The van der Waals surface area contributed by atoms with Crippen molar-refractivity contribution < 1.29 is 27.2 Å². The molecule has 134 valence electrons. The zero-order valence-corrected chi connectivity index (χ0v) is 13.6. The maximum absolute atomic E-state index is 12.3. The molecule has 0 bridgehead atoms. The average molecular weight is 381 g/mol. The number of anilines is 2. The van der Waals surface area contributed by atoms with Crippen molar-refractivity contribution in [3.05, 3.63) is 53.8 Å². The number of alkyl halides is 3. The van der Waals surface area contributed by atoms with Gasteiger partial charge in [-0.25, -0.2) is 4.98 Å². The third-order valence-corrected chi connectivity index (χ3v) is 3.93. The van der Waals surface area contributed by atoms with Gasteiger partial charge in [0.15, 0.2) is 5.13 Å². The summed E-state index contributed by atoms with van der Waals surface area (Å²) in [5.41, 5.74) is 1.10. The van der Waals surface area contributed by atoms with E-state index in [0.717, 1.165) is 29.2 Å². The molecule has 2 N–H and O–H groups in total. The molecule has 6 nitrogen and oxygen atoms in total. The quantitative estimate of drug-likeness (QED) is 0.711. The number of rotatable bonds is 4. The number of carbonyl (C=O) groups is 2. The van der Waals surface area contributed by atoms with Gasteiger partial charge >= 0.3 is 12.1 Å². The summed E-state index contributed by atoms with van der Waals surface area (Å²) >= 11 is 1.14. The van der Waals surface area contributed by atoms with Crippen LogP contribution in [-0.2, 0) is 4.79 Å². The van der Waals surface area contributed by atoms with Crippen molar-refractivity contribution in [2.45, 2.75) is 6.18 Å². The summed E-state index contributed by atoms with van der Waals surface area (Å²) in [5, 5.41) is 5.98. The van der Waals surface area contributed by atoms with Gasteiger partial charge in [0.2, 0.25) is 5.76 Å². The van der Waals surface area contributed by atoms with Crippen LogP contribution in [0.25, 0.3) is 11.3 Å². The van der Waals surface area contributed by atoms with E-state index in [1.165, 1.54) is 0 Å². The fraction of sp³-hybridized carbons (Fsp3) is 0.0625. The van der Waals surface area contributed by atoms with E-state index >= 15 is 0 Å². The van der Waals surface area contributed by atoms with Crippen LogP contribution in [0.15, 0.2) is 52.5 Å². The first kappa shape index (κ1) is 17.7. The molecule has 0 aliphatic carbocycles. The molecule has 2 amide bonds. The Balaban J connectivity index is 1.73. The second-order valence-electron chi connectivity index (χ2n) is 4.97. The second kappa shape index (κ2) is 7.00. The molecule has 0 aliphatic rings. The molecule has 0 radical (unpaired) electrons. The smallest absolute Gasteiger partial charge is 0.457 e. The molecule has 1 aromatic carbocycles. The monoisotopic (exact) mass is 381 g/mol. The zero-order chi connectivity index (χ0) is 18.7. The Morgan fingerprint density at radius 1 is 1.08 bits per heavy atom. The lowest BCUT2D eigenvalue weighted by Crippen LogP contribution is -2.30. The van der Waals surface area contributed by atoms with Gasteiger partial charge in [0.05, 0.1) is 17.6 Å². The molecular formula is C16H10F3N3O3S. The maximum Gasteiger partial charge on any atom is 0.471 e. The van der Waals surface area contributed by atoms with Gasteiger partial charge in [0, 0.05) is 17.0 Å². The highest BCUT2D eigenvalue weighted by Crippen LogP contribution is 2.26. The number of amides is 2. The molecule has 0 unspecified atom stereocenters. The van der Waals surface area contributed by atoms with Crippen LogP contribution in [0, 0.1) is 0 Å². The largest absolute Gasteiger partial charge is 0.471 e. The summed E-state index contributed by atoms with van der Waals surface area (Å²) in [6, 6.07) is 10.3. The normalized spacial score (nSPS) is 11.2. The lowest BCUT2D eigenvalue weighted by Gasteiger charge is -2.07. The van der Waals surface area contributed by atoms with Gasteiger partial charge in [-0.3, -0.25) is 14.9 Å². The summed E-state index contributed by atoms with van der Waals surface area (Å²) in [6.07, 6.45) is -4.08. The molecule has 0 spiro atoms. The highest BCUT2D eigenvalue weighted by Gasteiger charge is 2.39. The molecule has 10 heteroatoms. The number of carbonyl (C=O) groups excluding carboxylic acids is 2. The van der Waals surface area contributed by atoms with Gasteiger partial charge in [-0.2, -0.15) is 13.2 Å². The number of nitrogens with zero attached hydrogens (tertiary/aromatic N) is 1. The summed E-state index contributed by atoms with van der Waals surface area (Å²) in [4.78, 5) is 27.4. The van der Waals surface area contributed by atoms with Crippen molar-refractivity contribution in [1.29, 1.82) is 0 Å². The number of benzene rings is 1. The first-order valence-electron chi connectivity index (χ1n) is 7.12. The van der Waals surface area contributed by atoms with Crippen LogP contribution in [-0.4, -0.2) is 23.0 Å². The van der Waals surface area contributed by atoms with Gasteiger partial charge in [-0.15, -0.1) is 11.3 Å². The van der Waals surface area contributed by atoms with E-state index in [1.807, 2.05) is 30.3 Å². The molecule has 2 heterocycles. The van der Waals surface area contributed by atoms with Crippen LogP contribution in [0.2, 0.25) is 0 Å². The summed E-state index contributed by atoms with van der Waals surface area (Å²) < 4.78 is 41.9. The predicted molar refractivity (Wildman–Crippen MR) is 88.9 cm³/mol. The second-order valence-corrected chi connectivity index (χ2v) is 5.83. The predicted octanol–water partition coefficient (Wildman–Crippen LogP) is 4.16. The van der Waals surface area contributed by atoms with Gasteiger partial charge in [0.25, 0.3) is 5.91 Å². The van der Waals surface area contributed by atoms with E-state index in [-0.39, 0.29) is 10.8 Å². The highest BCUT2D eigenvalue weighted by molar-refractivity contribution is 7.14. The summed E-state index contributed by atoms with van der Waals surface area (Å²) in [5.74, 6) is -3.49. The van der Waals surface area contributed by atoms with Crippen LogP contribution in [0.3, 0.4) is 0 Å². The Hall–Kier alpha value is -3.14. The third kappa shape index (κ3) is 3.91. The molecule has 3 rings (SSSR count). The van der Waals surface area contributed by atoms with Crippen LogP contribution < -0.4 is 10.6 Å². The van der Waals surface area contributed by atoms with Gasteiger partial charge in [0.1, 0.15) is 0 Å². The molecule has 0 saturated carbocycles. The van der Waals surface area contributed by atoms with Gasteiger partial charge in [-0.1, -0.05) is 30.3 Å². The minimum Gasteiger partial charge on any atom is -0.457 e. The van der Waals surface area contributed by atoms with Crippen molar-refractivity contribution in [3.8, 4) is 11.3 Å². The van der Waals surface area contributed by atoms with E-state index in [4.69, 9.17) is 4.42 Å². The number of furan rings is 1. The Kier molecular flexibility index (Phi) is 4.76. The Bertz CT molecular complexity index is 935. The molecule has 0 fully saturated rings. The molecule has 0 aliphatic heterocycles. The van der Waals surface area contributed by atoms with Crippen molar-refractivity contribution in [2.75, 3.05) is 10.6 Å². The molecule has 3 aromatic rings. The van der Waals surface area contributed by atoms with Crippen LogP contribution in [0.4, 0.5) is 24.0 Å². The van der Waals surface area contributed by atoms with E-state index in [9.17, 15) is 22.8 Å². The van der Waals surface area contributed by atoms with Crippen molar-refractivity contribution in [2.24, 2.45) is 0 Å². The van der Waals surface area contributed by atoms with E-state index in [2.05, 4.69) is 10.3 Å². The molecule has 2 aromatic heterocycles. The third-order valence-electron chi connectivity index (χ3n) is 3.17. The highest BCUT2D eigenvalue weighted by atomic mass is 32.1. The first-order chi connectivity index (χ1) is 12.3. The fourth-order valence-electron chi connectivity index (χ4n) is 2.00. The first-order valence-corrected chi connectivity index (χ1v) is 8.00. The number of hydrogen-bond donors (Lipinski definition) is 2. The van der Waals surface area contributed by atoms with Crippen LogP contribution in [0.5, 0.6) is 0 Å². The number of nitrogens with one attached hydrogen (secondary N) is 2. The topological polar surface area (TPSA) is 84.2 Å². The molecular weight excluding hydrogens is 371 g/mol. The number of thiazole rings is 1. The maximum atomic E-state index is 12.3. The SMILES string of the molecule is O=C(Nc1nc(-c2ccccc2)cs1)c1occc1NC(=O)C(F)(F)F. The van der Waals surface area contributed by atoms with Crippen molar-refractivity contribution in [3.63, 3.8) is 0 Å². The van der Waals surface area contributed by atoms with E-state index in [0.29, 0.717) is 5.69 Å². The Labute approximate surface area is 148 Å². The number of hydrogen-bond acceptors (Lipinski definition) is 5. The van der Waals surface area contributed by atoms with Crippen molar-refractivity contribution >= 4 is 34.0 Å². The minimum absolute atomic E-state index is 0.235. The zero-order valence-electron chi connectivity index (χ0n) is 12.8. The minimum atomic E-state index is -5.08. The number of aromatic nitrogens is 1. The lowest BCUT2D eigenvalue weighted by molar-refractivity contribution is -0.167. The summed E-state index contributed by atoms with van der Waals surface area (Å²) in [6.45, 7) is 0. The number of halogens is 3. The lowest BCUT2D eigenvalue weighted by atomic mass is 10.2. The standard InChI is InChI=1S/C16H10F3N3O3S/c17-16(18,19)14(24)20-10-6-7-25-12(10)13(23)22-15-21-11(8-26-15)9-4-2-1-3-5-9/h1-8H,(H,20,24)(H,21,22,23). The van der Waals surface area contributed by atoms with Crippen LogP contribution >= 0.6 is 11.3 Å². The van der Waals surface area contributed by atoms with E-state index < -0.39 is 23.8 Å². The van der Waals surface area contributed by atoms with Crippen LogP contribution in [0.1, 0.15) is 10.6 Å². The Morgan fingerprint density at radius 3 is 2.50 bits per heavy atom. The molecule has 26 heavy (non-hydrogen) atoms. The van der Waals surface area contributed by atoms with Gasteiger partial charge < -0.3 is 9.73 Å². The Morgan fingerprint density at radius 2 is 1.81 bits per heavy atom. The molecule has 0 saturated heterocycles. The van der Waals surface area contributed by atoms with Crippen molar-refractivity contribution in [1.82, 2.24) is 4.98 Å². The molecule has 0 atom stereocenters.